The molecule has 114 valence electrons. The molecule has 0 aliphatic carbocycles. The second-order valence-corrected chi connectivity index (χ2v) is 6.48. The van der Waals surface area contributed by atoms with Crippen molar-refractivity contribution in [1.29, 1.82) is 0 Å². The van der Waals surface area contributed by atoms with Crippen LogP contribution in [-0.4, -0.2) is 5.11 Å². The molecule has 1 aromatic carbocycles. The van der Waals surface area contributed by atoms with Gasteiger partial charge in [-0.2, -0.15) is 0 Å². The first-order chi connectivity index (χ1) is 9.56. The Kier molecular flexibility index (Phi) is 8.74. The number of hydrogen-bond acceptors (Lipinski definition) is 1. The maximum atomic E-state index is 13.7. The van der Waals surface area contributed by atoms with E-state index in [1.807, 2.05) is 0 Å². The van der Waals surface area contributed by atoms with Crippen molar-refractivity contribution in [3.05, 3.63) is 33.0 Å². The van der Waals surface area contributed by atoms with Gasteiger partial charge in [-0.05, 0) is 34.5 Å². The highest BCUT2D eigenvalue weighted by molar-refractivity contribution is 9.10. The third-order valence-electron chi connectivity index (χ3n) is 3.48. The van der Waals surface area contributed by atoms with Gasteiger partial charge in [-0.1, -0.05) is 63.5 Å². The highest BCUT2D eigenvalue weighted by Gasteiger charge is 2.14. The SMILES string of the molecule is CCCCCCCCCC(O)c1cc(Cl)c(Br)cc1F. The Labute approximate surface area is 134 Å². The van der Waals surface area contributed by atoms with Crippen LogP contribution in [0.4, 0.5) is 4.39 Å². The first-order valence-electron chi connectivity index (χ1n) is 7.38. The molecule has 0 aromatic heterocycles. The van der Waals surface area contributed by atoms with Gasteiger partial charge in [0.2, 0.25) is 0 Å². The van der Waals surface area contributed by atoms with Crippen LogP contribution in [0.2, 0.25) is 5.02 Å². The molecule has 1 N–H and O–H groups in total. The highest BCUT2D eigenvalue weighted by Crippen LogP contribution is 2.30. The Morgan fingerprint density at radius 1 is 1.15 bits per heavy atom. The molecule has 0 amide bonds. The van der Waals surface area contributed by atoms with E-state index in [4.69, 9.17) is 11.6 Å². The smallest absolute Gasteiger partial charge is 0.130 e. The van der Waals surface area contributed by atoms with Gasteiger partial charge < -0.3 is 5.11 Å². The van der Waals surface area contributed by atoms with E-state index in [0.29, 0.717) is 21.5 Å². The summed E-state index contributed by atoms with van der Waals surface area (Å²) in [5, 5.41) is 10.5. The van der Waals surface area contributed by atoms with Crippen molar-refractivity contribution in [2.24, 2.45) is 0 Å². The monoisotopic (exact) mass is 364 g/mol. The predicted molar refractivity (Wildman–Crippen MR) is 86.7 cm³/mol. The molecular formula is C16H23BrClFO. The highest BCUT2D eigenvalue weighted by atomic mass is 79.9. The van der Waals surface area contributed by atoms with Gasteiger partial charge in [0.15, 0.2) is 0 Å². The molecule has 1 rings (SSSR count). The number of aliphatic hydroxyl groups is 1. The van der Waals surface area contributed by atoms with Gasteiger partial charge in [-0.25, -0.2) is 4.39 Å². The summed E-state index contributed by atoms with van der Waals surface area (Å²) in [7, 11) is 0. The lowest BCUT2D eigenvalue weighted by Crippen LogP contribution is -2.01. The fourth-order valence-electron chi connectivity index (χ4n) is 2.24. The van der Waals surface area contributed by atoms with Gasteiger partial charge in [-0.3, -0.25) is 0 Å². The summed E-state index contributed by atoms with van der Waals surface area (Å²) in [5.74, 6) is -0.406. The molecule has 1 nitrogen and oxygen atoms in total. The number of unbranched alkanes of at least 4 members (excludes halogenated alkanes) is 6. The largest absolute Gasteiger partial charge is 0.388 e. The minimum Gasteiger partial charge on any atom is -0.388 e. The summed E-state index contributed by atoms with van der Waals surface area (Å²) in [5.41, 5.74) is 0.296. The molecule has 20 heavy (non-hydrogen) atoms. The third kappa shape index (κ3) is 6.11. The van der Waals surface area contributed by atoms with Crippen molar-refractivity contribution in [1.82, 2.24) is 0 Å². The summed E-state index contributed by atoms with van der Waals surface area (Å²) < 4.78 is 14.3. The van der Waals surface area contributed by atoms with Gasteiger partial charge >= 0.3 is 0 Å². The molecule has 0 fully saturated rings. The van der Waals surface area contributed by atoms with Gasteiger partial charge in [0, 0.05) is 10.0 Å². The lowest BCUT2D eigenvalue weighted by atomic mass is 10.0. The Hall–Kier alpha value is -0.120. The Bertz CT molecular complexity index is 412. The zero-order chi connectivity index (χ0) is 15.0. The van der Waals surface area contributed by atoms with Crippen LogP contribution in [0.25, 0.3) is 0 Å². The van der Waals surface area contributed by atoms with Crippen molar-refractivity contribution in [2.45, 2.75) is 64.4 Å². The molecule has 0 saturated carbocycles. The molecule has 0 aliphatic rings. The molecule has 0 heterocycles. The topological polar surface area (TPSA) is 20.2 Å². The maximum absolute atomic E-state index is 13.7. The van der Waals surface area contributed by atoms with E-state index in [1.54, 1.807) is 0 Å². The van der Waals surface area contributed by atoms with Gasteiger partial charge in [0.05, 0.1) is 11.1 Å². The van der Waals surface area contributed by atoms with Crippen LogP contribution in [0.5, 0.6) is 0 Å². The van der Waals surface area contributed by atoms with Gasteiger partial charge in [0.25, 0.3) is 0 Å². The molecule has 1 aromatic rings. The second-order valence-electron chi connectivity index (χ2n) is 5.21. The van der Waals surface area contributed by atoms with Crippen LogP contribution >= 0.6 is 27.5 Å². The first-order valence-corrected chi connectivity index (χ1v) is 8.55. The average Bonchev–Trinajstić information content (AvgIpc) is 2.41. The fourth-order valence-corrected chi connectivity index (χ4v) is 2.73. The lowest BCUT2D eigenvalue weighted by Gasteiger charge is -2.13. The number of hydrogen-bond donors (Lipinski definition) is 1. The van der Waals surface area contributed by atoms with E-state index in [-0.39, 0.29) is 0 Å². The molecule has 0 spiro atoms. The first kappa shape index (κ1) is 17.9. The van der Waals surface area contributed by atoms with E-state index in [1.165, 1.54) is 44.2 Å². The van der Waals surface area contributed by atoms with Crippen LogP contribution in [0.3, 0.4) is 0 Å². The zero-order valence-electron chi connectivity index (χ0n) is 12.0. The summed E-state index contributed by atoms with van der Waals surface area (Å²) in [4.78, 5) is 0. The number of halogens is 3. The van der Waals surface area contributed by atoms with Gasteiger partial charge in [-0.15, -0.1) is 0 Å². The van der Waals surface area contributed by atoms with E-state index in [2.05, 4.69) is 22.9 Å². The third-order valence-corrected chi connectivity index (χ3v) is 4.68. The second kappa shape index (κ2) is 9.75. The Morgan fingerprint density at radius 2 is 1.75 bits per heavy atom. The average molecular weight is 366 g/mol. The van der Waals surface area contributed by atoms with Crippen LogP contribution in [0.15, 0.2) is 16.6 Å². The minimum absolute atomic E-state index is 0.296. The predicted octanol–water partition coefficient (Wildman–Crippen LogP) is 6.42. The zero-order valence-corrected chi connectivity index (χ0v) is 14.3. The number of aliphatic hydroxyl groups excluding tert-OH is 1. The quantitative estimate of drug-likeness (QED) is 0.395. The standard InChI is InChI=1S/C16H23BrClFO/c1-2-3-4-5-6-7-8-9-16(20)12-10-14(18)13(17)11-15(12)19/h10-11,16,20H,2-9H2,1H3. The summed E-state index contributed by atoms with van der Waals surface area (Å²) in [6.45, 7) is 2.20. The van der Waals surface area contributed by atoms with E-state index in [0.717, 1.165) is 12.8 Å². The normalized spacial score (nSPS) is 12.7. The van der Waals surface area contributed by atoms with E-state index < -0.39 is 11.9 Å². The molecule has 0 bridgehead atoms. The van der Waals surface area contributed by atoms with Crippen LogP contribution < -0.4 is 0 Å². The molecule has 0 radical (unpaired) electrons. The lowest BCUT2D eigenvalue weighted by molar-refractivity contribution is 0.159. The molecular weight excluding hydrogens is 343 g/mol. The molecule has 0 saturated heterocycles. The minimum atomic E-state index is -0.767. The van der Waals surface area contributed by atoms with Gasteiger partial charge in [0.1, 0.15) is 5.82 Å². The molecule has 1 unspecified atom stereocenters. The van der Waals surface area contributed by atoms with Crippen molar-refractivity contribution in [2.75, 3.05) is 0 Å². The molecule has 4 heteroatoms. The van der Waals surface area contributed by atoms with E-state index in [9.17, 15) is 9.50 Å². The molecule has 1 atom stereocenters. The van der Waals surface area contributed by atoms with Crippen LogP contribution in [0.1, 0.15) is 70.0 Å². The summed E-state index contributed by atoms with van der Waals surface area (Å²) in [6, 6.07) is 2.82. The Morgan fingerprint density at radius 3 is 2.40 bits per heavy atom. The maximum Gasteiger partial charge on any atom is 0.130 e. The fraction of sp³-hybridized carbons (Fsp3) is 0.625. The van der Waals surface area contributed by atoms with Crippen LogP contribution in [-0.2, 0) is 0 Å². The van der Waals surface area contributed by atoms with E-state index >= 15 is 0 Å². The van der Waals surface area contributed by atoms with Crippen molar-refractivity contribution in [3.63, 3.8) is 0 Å². The summed E-state index contributed by atoms with van der Waals surface area (Å²) in [6.07, 6.45) is 8.11. The van der Waals surface area contributed by atoms with Crippen LogP contribution in [0, 0.1) is 5.82 Å². The number of benzene rings is 1. The van der Waals surface area contributed by atoms with Crippen molar-refractivity contribution in [3.8, 4) is 0 Å². The Balaban J connectivity index is 2.32. The van der Waals surface area contributed by atoms with Crippen molar-refractivity contribution >= 4 is 27.5 Å². The number of rotatable bonds is 9. The summed E-state index contributed by atoms with van der Waals surface area (Å²) >= 11 is 9.11. The molecule has 0 aliphatic heterocycles. The van der Waals surface area contributed by atoms with Crippen molar-refractivity contribution < 1.29 is 9.50 Å².